The van der Waals surface area contributed by atoms with E-state index in [1.54, 1.807) is 6.07 Å². The second kappa shape index (κ2) is 7.24. The molecule has 0 aliphatic carbocycles. The fourth-order valence-electron chi connectivity index (χ4n) is 2.56. The maximum absolute atomic E-state index is 12.5. The number of aromatic nitrogens is 2. The number of methoxy groups -OCH3 is 1. The lowest BCUT2D eigenvalue weighted by molar-refractivity contribution is 0.0474. The first-order chi connectivity index (χ1) is 12.8. The molecule has 0 N–H and O–H groups in total. The van der Waals surface area contributed by atoms with Gasteiger partial charge in [-0.05, 0) is 25.1 Å². The predicted octanol–water partition coefficient (Wildman–Crippen LogP) is 2.54. The monoisotopic (exact) mass is 390 g/mol. The molecule has 3 aromatic rings. The van der Waals surface area contributed by atoms with Crippen molar-refractivity contribution in [3.05, 3.63) is 56.8 Å². The average Bonchev–Trinajstić information content (AvgIpc) is 2.99. The Hall–Kier alpha value is -3.13. The lowest BCUT2D eigenvalue weighted by atomic mass is 10.1. The Morgan fingerprint density at radius 2 is 2.07 bits per heavy atom. The number of hydrogen-bond acceptors (Lipinski definition) is 7. The number of benzene rings is 1. The largest absolute Gasteiger partial charge is 0.495 e. The Bertz CT molecular complexity index is 1110. The maximum atomic E-state index is 12.5. The number of carbonyl (C=O) groups excluding carboxylic acids is 2. The van der Waals surface area contributed by atoms with Gasteiger partial charge in [-0.1, -0.05) is 11.6 Å². The lowest BCUT2D eigenvalue weighted by Gasteiger charge is -2.06. The number of hydrogen-bond donors (Lipinski definition) is 0. The fraction of sp³-hybridized carbons (Fsp3) is 0.222. The first kappa shape index (κ1) is 18.7. The number of halogens is 1. The summed E-state index contributed by atoms with van der Waals surface area (Å²) >= 11 is 5.99. The normalized spacial score (nSPS) is 10.8. The highest BCUT2D eigenvalue weighted by molar-refractivity contribution is 6.32. The van der Waals surface area contributed by atoms with E-state index in [1.165, 1.54) is 44.1 Å². The minimum atomic E-state index is -0.843. The molecule has 8 nitrogen and oxygen atoms in total. The van der Waals surface area contributed by atoms with Crippen molar-refractivity contribution in [2.45, 2.75) is 6.92 Å². The third-order valence-electron chi connectivity index (χ3n) is 3.96. The van der Waals surface area contributed by atoms with Crippen molar-refractivity contribution in [2.24, 2.45) is 7.05 Å². The standard InChI is InChI=1S/C18H15ClN2O6/c1-9-14(15-16(27-9)20-8-21(2)17(15)23)18(24)26-7-12(22)10-4-5-13(25-3)11(19)6-10/h4-6,8H,7H2,1-3H3. The number of aryl methyl sites for hydroxylation is 2. The molecule has 0 aliphatic heterocycles. The molecule has 1 aromatic carbocycles. The molecule has 0 spiro atoms. The summed E-state index contributed by atoms with van der Waals surface area (Å²) in [5.74, 6) is -0.687. The first-order valence-electron chi connectivity index (χ1n) is 7.82. The van der Waals surface area contributed by atoms with Gasteiger partial charge in [0.1, 0.15) is 28.8 Å². The molecule has 2 aromatic heterocycles. The van der Waals surface area contributed by atoms with Crippen molar-refractivity contribution in [3.8, 4) is 5.75 Å². The number of nitrogens with zero attached hydrogens (tertiary/aromatic N) is 2. The highest BCUT2D eigenvalue weighted by Crippen LogP contribution is 2.25. The molecule has 0 amide bonds. The van der Waals surface area contributed by atoms with Gasteiger partial charge in [-0.15, -0.1) is 0 Å². The van der Waals surface area contributed by atoms with Gasteiger partial charge in [0.25, 0.3) is 5.56 Å². The molecule has 0 saturated heterocycles. The first-order valence-corrected chi connectivity index (χ1v) is 8.20. The van der Waals surface area contributed by atoms with Crippen LogP contribution >= 0.6 is 11.6 Å². The number of esters is 1. The Balaban J connectivity index is 1.82. The van der Waals surface area contributed by atoms with Gasteiger partial charge in [0.2, 0.25) is 5.71 Å². The van der Waals surface area contributed by atoms with E-state index in [1.807, 2.05) is 0 Å². The molecule has 0 radical (unpaired) electrons. The quantitative estimate of drug-likeness (QED) is 0.487. The van der Waals surface area contributed by atoms with E-state index in [-0.39, 0.29) is 33.0 Å². The average molecular weight is 391 g/mol. The highest BCUT2D eigenvalue weighted by atomic mass is 35.5. The summed E-state index contributed by atoms with van der Waals surface area (Å²) < 4.78 is 16.7. The van der Waals surface area contributed by atoms with Gasteiger partial charge in [0.05, 0.1) is 12.1 Å². The third kappa shape index (κ3) is 3.43. The van der Waals surface area contributed by atoms with Gasteiger partial charge in [0, 0.05) is 12.6 Å². The summed E-state index contributed by atoms with van der Waals surface area (Å²) in [5.41, 5.74) is -0.188. The van der Waals surface area contributed by atoms with Crippen molar-refractivity contribution < 1.29 is 23.5 Å². The van der Waals surface area contributed by atoms with Gasteiger partial charge in [-0.2, -0.15) is 0 Å². The van der Waals surface area contributed by atoms with E-state index in [0.29, 0.717) is 5.75 Å². The van der Waals surface area contributed by atoms with E-state index in [2.05, 4.69) is 4.98 Å². The molecule has 0 fully saturated rings. The van der Waals surface area contributed by atoms with Gasteiger partial charge in [0.15, 0.2) is 12.4 Å². The Labute approximate surface area is 158 Å². The zero-order valence-electron chi connectivity index (χ0n) is 14.7. The number of carbonyl (C=O) groups is 2. The van der Waals surface area contributed by atoms with Crippen LogP contribution in [0.5, 0.6) is 5.75 Å². The Kier molecular flexibility index (Phi) is 5.00. The number of ether oxygens (including phenoxy) is 2. The smallest absolute Gasteiger partial charge is 0.343 e. The van der Waals surface area contributed by atoms with E-state index in [0.717, 1.165) is 0 Å². The van der Waals surface area contributed by atoms with E-state index >= 15 is 0 Å². The van der Waals surface area contributed by atoms with Crippen LogP contribution in [0.3, 0.4) is 0 Å². The van der Waals surface area contributed by atoms with Crippen LogP contribution in [0.25, 0.3) is 11.1 Å². The number of rotatable bonds is 5. The summed E-state index contributed by atoms with van der Waals surface area (Å²) in [6.07, 6.45) is 1.29. The molecule has 0 atom stereocenters. The van der Waals surface area contributed by atoms with Gasteiger partial charge < -0.3 is 18.5 Å². The summed E-state index contributed by atoms with van der Waals surface area (Å²) in [6.45, 7) is 0.997. The summed E-state index contributed by atoms with van der Waals surface area (Å²) in [5, 5.41) is 0.281. The predicted molar refractivity (Wildman–Crippen MR) is 96.6 cm³/mol. The maximum Gasteiger partial charge on any atom is 0.343 e. The van der Waals surface area contributed by atoms with Crippen LogP contribution in [0.4, 0.5) is 0 Å². The minimum Gasteiger partial charge on any atom is -0.495 e. The molecular formula is C18H15ClN2O6. The molecule has 3 rings (SSSR count). The van der Waals surface area contributed by atoms with Crippen LogP contribution in [-0.4, -0.2) is 35.0 Å². The van der Waals surface area contributed by atoms with E-state index in [4.69, 9.17) is 25.5 Å². The molecule has 27 heavy (non-hydrogen) atoms. The summed E-state index contributed by atoms with van der Waals surface area (Å²) in [4.78, 5) is 41.0. The molecular weight excluding hydrogens is 376 g/mol. The van der Waals surface area contributed by atoms with Crippen LogP contribution in [0.15, 0.2) is 33.7 Å². The number of fused-ring (bicyclic) bond motifs is 1. The van der Waals surface area contributed by atoms with Crippen molar-refractivity contribution in [3.63, 3.8) is 0 Å². The topological polar surface area (TPSA) is 101 Å². The van der Waals surface area contributed by atoms with E-state index in [9.17, 15) is 14.4 Å². The molecule has 9 heteroatoms. The fourth-order valence-corrected chi connectivity index (χ4v) is 2.82. The summed E-state index contributed by atoms with van der Waals surface area (Å²) in [7, 11) is 2.96. The van der Waals surface area contributed by atoms with Crippen molar-refractivity contribution in [1.82, 2.24) is 9.55 Å². The van der Waals surface area contributed by atoms with Crippen molar-refractivity contribution in [1.29, 1.82) is 0 Å². The van der Waals surface area contributed by atoms with Crippen molar-refractivity contribution >= 4 is 34.5 Å². The zero-order valence-corrected chi connectivity index (χ0v) is 15.5. The Morgan fingerprint density at radius 1 is 1.33 bits per heavy atom. The minimum absolute atomic E-state index is 0.0161. The summed E-state index contributed by atoms with van der Waals surface area (Å²) in [6, 6.07) is 4.48. The highest BCUT2D eigenvalue weighted by Gasteiger charge is 2.24. The van der Waals surface area contributed by atoms with Gasteiger partial charge in [-0.25, -0.2) is 9.78 Å². The van der Waals surface area contributed by atoms with Crippen LogP contribution in [0, 0.1) is 6.92 Å². The Morgan fingerprint density at radius 3 is 2.74 bits per heavy atom. The molecule has 0 saturated carbocycles. The molecule has 0 aliphatic rings. The van der Waals surface area contributed by atoms with E-state index < -0.39 is 23.9 Å². The van der Waals surface area contributed by atoms with Crippen LogP contribution in [-0.2, 0) is 11.8 Å². The van der Waals surface area contributed by atoms with Crippen LogP contribution in [0.2, 0.25) is 5.02 Å². The molecule has 2 heterocycles. The van der Waals surface area contributed by atoms with Crippen LogP contribution < -0.4 is 10.3 Å². The molecule has 0 bridgehead atoms. The lowest BCUT2D eigenvalue weighted by Crippen LogP contribution is -2.20. The number of ketones is 1. The molecule has 140 valence electrons. The number of Topliss-reactive ketones (excluding diaryl/α,β-unsaturated/α-hetero) is 1. The second-order valence-electron chi connectivity index (χ2n) is 5.72. The zero-order chi connectivity index (χ0) is 19.7. The second-order valence-corrected chi connectivity index (χ2v) is 6.13. The third-order valence-corrected chi connectivity index (χ3v) is 4.26. The SMILES string of the molecule is COc1ccc(C(=O)COC(=O)c2c(C)oc3ncn(C)c(=O)c23)cc1Cl. The van der Waals surface area contributed by atoms with Crippen molar-refractivity contribution in [2.75, 3.05) is 13.7 Å². The van der Waals surface area contributed by atoms with Gasteiger partial charge >= 0.3 is 5.97 Å². The number of furan rings is 1. The van der Waals surface area contributed by atoms with Crippen LogP contribution in [0.1, 0.15) is 26.5 Å². The molecule has 0 unspecified atom stereocenters. The van der Waals surface area contributed by atoms with Gasteiger partial charge in [-0.3, -0.25) is 9.59 Å².